The smallest absolute Gasteiger partial charge is 0.417 e. The first-order valence-corrected chi connectivity index (χ1v) is 5.73. The van der Waals surface area contributed by atoms with Crippen molar-refractivity contribution in [3.63, 3.8) is 0 Å². The lowest BCUT2D eigenvalue weighted by molar-refractivity contribution is -0.168. The highest BCUT2D eigenvalue weighted by molar-refractivity contribution is 6.29. The molecule has 0 aliphatic heterocycles. The second-order valence-electron chi connectivity index (χ2n) is 4.36. The molecule has 2 rings (SSSR count). The summed E-state index contributed by atoms with van der Waals surface area (Å²) in [4.78, 5) is 22.2. The molecule has 2 aliphatic carbocycles. The summed E-state index contributed by atoms with van der Waals surface area (Å²) in [5, 5.41) is 0. The van der Waals surface area contributed by atoms with Gasteiger partial charge in [-0.05, 0) is 37.5 Å². The molecule has 1 saturated carbocycles. The summed E-state index contributed by atoms with van der Waals surface area (Å²) in [5.74, 6) is -0.195. The number of carbonyl (C=O) groups excluding carboxylic acids is 2. The van der Waals surface area contributed by atoms with Gasteiger partial charge in [0.15, 0.2) is 0 Å². The van der Waals surface area contributed by atoms with Crippen LogP contribution in [0.15, 0.2) is 12.2 Å². The molecular formula is C12H16O4. The molecule has 4 heteroatoms. The van der Waals surface area contributed by atoms with Crippen LogP contribution >= 0.6 is 0 Å². The predicted octanol–water partition coefficient (Wildman–Crippen LogP) is 1.30. The van der Waals surface area contributed by atoms with Crippen LogP contribution in [0.4, 0.5) is 0 Å². The monoisotopic (exact) mass is 224 g/mol. The summed E-state index contributed by atoms with van der Waals surface area (Å²) >= 11 is 0. The number of ether oxygens (including phenoxy) is 2. The molecule has 0 saturated heterocycles. The molecule has 2 bridgehead atoms. The van der Waals surface area contributed by atoms with Gasteiger partial charge in [0.05, 0.1) is 13.2 Å². The quantitative estimate of drug-likeness (QED) is 0.412. The molecule has 0 radical (unpaired) electrons. The average molecular weight is 224 g/mol. The van der Waals surface area contributed by atoms with E-state index in [1.807, 2.05) is 0 Å². The maximum Gasteiger partial charge on any atom is 0.417 e. The van der Waals surface area contributed by atoms with Crippen molar-refractivity contribution in [1.82, 2.24) is 0 Å². The zero-order valence-electron chi connectivity index (χ0n) is 9.35. The first-order valence-electron chi connectivity index (χ1n) is 5.73. The second kappa shape index (κ2) is 4.68. The molecule has 0 heterocycles. The standard InChI is InChI=1S/C12H16O4/c1-2-15-11(13)12(14)16-7-10-6-8-3-4-9(10)5-8/h3-4,8-10H,2,5-7H2,1H3. The number of carbonyl (C=O) groups is 2. The van der Waals surface area contributed by atoms with Crippen LogP contribution in [0.2, 0.25) is 0 Å². The molecule has 0 aromatic rings. The van der Waals surface area contributed by atoms with Crippen molar-refractivity contribution in [2.24, 2.45) is 17.8 Å². The van der Waals surface area contributed by atoms with Crippen LogP contribution in [0.1, 0.15) is 19.8 Å². The van der Waals surface area contributed by atoms with Crippen LogP contribution in [0.5, 0.6) is 0 Å². The molecule has 1 fully saturated rings. The van der Waals surface area contributed by atoms with Crippen LogP contribution in [-0.2, 0) is 19.1 Å². The van der Waals surface area contributed by atoms with E-state index in [1.54, 1.807) is 6.92 Å². The highest BCUT2D eigenvalue weighted by Crippen LogP contribution is 2.43. The van der Waals surface area contributed by atoms with Crippen LogP contribution in [0.25, 0.3) is 0 Å². The van der Waals surface area contributed by atoms with Gasteiger partial charge in [0, 0.05) is 0 Å². The van der Waals surface area contributed by atoms with E-state index in [2.05, 4.69) is 16.9 Å². The molecule has 0 amide bonds. The van der Waals surface area contributed by atoms with Gasteiger partial charge >= 0.3 is 11.9 Å². The number of esters is 2. The van der Waals surface area contributed by atoms with E-state index in [4.69, 9.17) is 4.74 Å². The number of fused-ring (bicyclic) bond motifs is 2. The zero-order valence-corrected chi connectivity index (χ0v) is 9.35. The maximum atomic E-state index is 11.2. The van der Waals surface area contributed by atoms with Gasteiger partial charge in [-0.3, -0.25) is 0 Å². The minimum absolute atomic E-state index is 0.199. The Morgan fingerprint density at radius 3 is 2.50 bits per heavy atom. The molecule has 2 aliphatic rings. The van der Waals surface area contributed by atoms with Gasteiger partial charge in [0.2, 0.25) is 0 Å². The third-order valence-electron chi connectivity index (χ3n) is 3.29. The van der Waals surface area contributed by atoms with Crippen molar-refractivity contribution < 1.29 is 19.1 Å². The van der Waals surface area contributed by atoms with Crippen molar-refractivity contribution in [3.05, 3.63) is 12.2 Å². The van der Waals surface area contributed by atoms with E-state index in [9.17, 15) is 9.59 Å². The van der Waals surface area contributed by atoms with Gasteiger partial charge in [-0.25, -0.2) is 9.59 Å². The second-order valence-corrected chi connectivity index (χ2v) is 4.36. The van der Waals surface area contributed by atoms with E-state index >= 15 is 0 Å². The lowest BCUT2D eigenvalue weighted by Crippen LogP contribution is -2.24. The van der Waals surface area contributed by atoms with E-state index in [1.165, 1.54) is 6.42 Å². The molecule has 0 spiro atoms. The van der Waals surface area contributed by atoms with Gasteiger partial charge in [0.1, 0.15) is 0 Å². The molecule has 88 valence electrons. The van der Waals surface area contributed by atoms with E-state index in [-0.39, 0.29) is 6.61 Å². The van der Waals surface area contributed by atoms with Gasteiger partial charge in [0.25, 0.3) is 0 Å². The Morgan fingerprint density at radius 2 is 1.94 bits per heavy atom. The Balaban J connectivity index is 1.74. The Bertz CT molecular complexity index is 321. The topological polar surface area (TPSA) is 52.6 Å². The zero-order chi connectivity index (χ0) is 11.5. The van der Waals surface area contributed by atoms with Crippen LogP contribution in [0.3, 0.4) is 0 Å². The summed E-state index contributed by atoms with van der Waals surface area (Å²) in [6, 6.07) is 0. The number of allylic oxidation sites excluding steroid dienone is 2. The molecular weight excluding hydrogens is 208 g/mol. The fraction of sp³-hybridized carbons (Fsp3) is 0.667. The van der Waals surface area contributed by atoms with Gasteiger partial charge < -0.3 is 9.47 Å². The van der Waals surface area contributed by atoms with Gasteiger partial charge in [-0.15, -0.1) is 0 Å². The van der Waals surface area contributed by atoms with Crippen molar-refractivity contribution in [3.8, 4) is 0 Å². The minimum Gasteiger partial charge on any atom is -0.458 e. The summed E-state index contributed by atoms with van der Waals surface area (Å²) in [6.45, 7) is 2.19. The molecule has 3 unspecified atom stereocenters. The summed E-state index contributed by atoms with van der Waals surface area (Å²) in [6.07, 6.45) is 6.66. The Kier molecular flexibility index (Phi) is 3.27. The van der Waals surface area contributed by atoms with Crippen molar-refractivity contribution in [2.45, 2.75) is 19.8 Å². The van der Waals surface area contributed by atoms with Gasteiger partial charge in [-0.1, -0.05) is 12.2 Å². The fourth-order valence-corrected chi connectivity index (χ4v) is 2.52. The number of hydrogen-bond acceptors (Lipinski definition) is 4. The molecule has 3 atom stereocenters. The maximum absolute atomic E-state index is 11.2. The number of hydrogen-bond donors (Lipinski definition) is 0. The predicted molar refractivity (Wildman–Crippen MR) is 56.4 cm³/mol. The summed E-state index contributed by atoms with van der Waals surface area (Å²) in [7, 11) is 0. The highest BCUT2D eigenvalue weighted by Gasteiger charge is 2.36. The lowest BCUT2D eigenvalue weighted by atomic mass is 9.95. The van der Waals surface area contributed by atoms with E-state index in [0.29, 0.717) is 24.4 Å². The van der Waals surface area contributed by atoms with Crippen LogP contribution in [0, 0.1) is 17.8 Å². The van der Waals surface area contributed by atoms with Crippen LogP contribution < -0.4 is 0 Å². The third kappa shape index (κ3) is 2.26. The Hall–Kier alpha value is -1.32. The molecule has 0 aromatic carbocycles. The van der Waals surface area contributed by atoms with Crippen molar-refractivity contribution in [1.29, 1.82) is 0 Å². The largest absolute Gasteiger partial charge is 0.458 e. The molecule has 4 nitrogen and oxygen atoms in total. The average Bonchev–Trinajstić information content (AvgIpc) is 2.87. The number of rotatable bonds is 3. The fourth-order valence-electron chi connectivity index (χ4n) is 2.52. The van der Waals surface area contributed by atoms with E-state index in [0.717, 1.165) is 6.42 Å². The highest BCUT2D eigenvalue weighted by atomic mass is 16.6. The molecule has 0 aromatic heterocycles. The van der Waals surface area contributed by atoms with Crippen molar-refractivity contribution in [2.75, 3.05) is 13.2 Å². The first-order chi connectivity index (χ1) is 7.70. The first kappa shape index (κ1) is 11.2. The SMILES string of the molecule is CCOC(=O)C(=O)OCC1CC2C=CC1C2. The Morgan fingerprint density at radius 1 is 1.19 bits per heavy atom. The van der Waals surface area contributed by atoms with Crippen LogP contribution in [-0.4, -0.2) is 25.2 Å². The normalized spacial score (nSPS) is 30.4. The molecule has 0 N–H and O–H groups in total. The van der Waals surface area contributed by atoms with E-state index < -0.39 is 11.9 Å². The Labute approximate surface area is 94.6 Å². The minimum atomic E-state index is -0.888. The summed E-state index contributed by atoms with van der Waals surface area (Å²) in [5.41, 5.74) is 0. The lowest BCUT2D eigenvalue weighted by Gasteiger charge is -2.17. The molecule has 16 heavy (non-hydrogen) atoms. The summed E-state index contributed by atoms with van der Waals surface area (Å²) < 4.78 is 9.50. The van der Waals surface area contributed by atoms with Gasteiger partial charge in [-0.2, -0.15) is 0 Å². The van der Waals surface area contributed by atoms with Crippen molar-refractivity contribution >= 4 is 11.9 Å². The third-order valence-corrected chi connectivity index (χ3v) is 3.29.